The van der Waals surface area contributed by atoms with Crippen molar-refractivity contribution in [3.8, 4) is 0 Å². The van der Waals surface area contributed by atoms with Crippen molar-refractivity contribution in [1.82, 2.24) is 15.1 Å². The average molecular weight is 539 g/mol. The fourth-order valence-electron chi connectivity index (χ4n) is 5.24. The van der Waals surface area contributed by atoms with Gasteiger partial charge < -0.3 is 15.0 Å². The topological polar surface area (TPSA) is 40.1 Å². The van der Waals surface area contributed by atoms with E-state index in [1.54, 1.807) is 0 Å². The molecule has 0 spiro atoms. The van der Waals surface area contributed by atoms with Crippen LogP contribution in [0.4, 0.5) is 0 Å². The molecular weight excluding hydrogens is 499 g/mol. The first-order valence-electron chi connectivity index (χ1n) is 11.9. The first-order valence-corrected chi connectivity index (χ1v) is 11.9. The fraction of sp³-hybridized carbons (Fsp3) is 0.640. The van der Waals surface area contributed by atoms with Crippen LogP contribution in [0.2, 0.25) is 0 Å². The lowest BCUT2D eigenvalue weighted by Crippen LogP contribution is -2.56. The number of benzene rings is 1. The summed E-state index contributed by atoms with van der Waals surface area (Å²) < 4.78 is 5.42. The minimum Gasteiger partial charge on any atom is -0.377 e. The van der Waals surface area contributed by atoms with Crippen LogP contribution in [-0.4, -0.2) is 67.7 Å². The van der Waals surface area contributed by atoms with Crippen molar-refractivity contribution in [3.63, 3.8) is 0 Å². The van der Waals surface area contributed by atoms with Crippen LogP contribution in [0, 0.1) is 5.92 Å². The number of rotatable bonds is 6. The first-order chi connectivity index (χ1) is 14.8. The number of nitrogens with zero attached hydrogens (tertiary/aromatic N) is 3. The highest BCUT2D eigenvalue weighted by Crippen LogP contribution is 2.31. The van der Waals surface area contributed by atoms with Gasteiger partial charge in [0.1, 0.15) is 0 Å². The summed E-state index contributed by atoms with van der Waals surface area (Å²) in [5.74, 6) is 1.86. The second-order valence-corrected chi connectivity index (χ2v) is 8.83. The number of hydrogen-bond acceptors (Lipinski definition) is 3. The van der Waals surface area contributed by atoms with Crippen LogP contribution in [0.5, 0.6) is 0 Å². The predicted octanol–water partition coefficient (Wildman–Crippen LogP) is 4.29. The Morgan fingerprint density at radius 1 is 1.19 bits per heavy atom. The first kappa shape index (κ1) is 24.5. The lowest BCUT2D eigenvalue weighted by molar-refractivity contribution is 0.0372. The molecule has 0 aromatic heterocycles. The van der Waals surface area contributed by atoms with Crippen molar-refractivity contribution in [2.75, 3.05) is 45.9 Å². The van der Waals surface area contributed by atoms with Crippen molar-refractivity contribution >= 4 is 29.9 Å². The summed E-state index contributed by atoms with van der Waals surface area (Å²) >= 11 is 0. The monoisotopic (exact) mass is 538 g/mol. The average Bonchev–Trinajstić information content (AvgIpc) is 2.80. The summed E-state index contributed by atoms with van der Waals surface area (Å²) in [6, 6.07) is 11.7. The molecule has 172 valence electrons. The zero-order valence-electron chi connectivity index (χ0n) is 19.0. The van der Waals surface area contributed by atoms with Gasteiger partial charge in [0, 0.05) is 38.8 Å². The van der Waals surface area contributed by atoms with E-state index >= 15 is 0 Å². The predicted molar refractivity (Wildman–Crippen MR) is 139 cm³/mol. The van der Waals surface area contributed by atoms with Crippen LogP contribution in [0.1, 0.15) is 44.6 Å². The number of halogens is 1. The van der Waals surface area contributed by atoms with Crippen LogP contribution in [0.3, 0.4) is 0 Å². The highest BCUT2D eigenvalue weighted by atomic mass is 127. The highest BCUT2D eigenvalue weighted by Gasteiger charge is 2.36. The Bertz CT molecular complexity index is 723. The molecule has 1 aromatic rings. The molecule has 31 heavy (non-hydrogen) atoms. The van der Waals surface area contributed by atoms with Crippen molar-refractivity contribution in [3.05, 3.63) is 47.5 Å². The Kier molecular flexibility index (Phi) is 10.1. The van der Waals surface area contributed by atoms with Gasteiger partial charge in [0.2, 0.25) is 0 Å². The number of guanidine groups is 1. The summed E-state index contributed by atoms with van der Waals surface area (Å²) in [7, 11) is 0. The number of aliphatic imine (C=N–C) groups is 1. The Labute approximate surface area is 205 Å². The molecule has 3 aliphatic rings. The van der Waals surface area contributed by atoms with Gasteiger partial charge in [-0.3, -0.25) is 9.89 Å². The van der Waals surface area contributed by atoms with E-state index in [-0.39, 0.29) is 24.0 Å². The molecule has 2 fully saturated rings. The molecule has 5 nitrogen and oxygen atoms in total. The van der Waals surface area contributed by atoms with Crippen LogP contribution < -0.4 is 5.32 Å². The third-order valence-corrected chi connectivity index (χ3v) is 6.80. The van der Waals surface area contributed by atoms with Crippen LogP contribution >= 0.6 is 24.0 Å². The van der Waals surface area contributed by atoms with Gasteiger partial charge in [-0.1, -0.05) is 42.0 Å². The lowest BCUT2D eigenvalue weighted by atomic mass is 9.83. The summed E-state index contributed by atoms with van der Waals surface area (Å²) in [5.41, 5.74) is 2.95. The standard InChI is InChI=1S/C25H38N4O.HI/c1-2-26-25(27-14-10-21-12-17-30-18-13-21)29-16-11-24-23(20-29)9-6-15-28(24)19-22-7-4-3-5-8-22;/h3-5,7-8,12,23-24H,2,6,9-11,13-20H2,1H3,(H,26,27);1H. The van der Waals surface area contributed by atoms with Gasteiger partial charge in [-0.05, 0) is 57.1 Å². The molecule has 0 saturated carbocycles. The van der Waals surface area contributed by atoms with E-state index in [9.17, 15) is 0 Å². The van der Waals surface area contributed by atoms with E-state index in [2.05, 4.69) is 58.4 Å². The normalized spacial score (nSPS) is 24.7. The van der Waals surface area contributed by atoms with Crippen LogP contribution in [0.25, 0.3) is 0 Å². The van der Waals surface area contributed by atoms with Gasteiger partial charge in [0.15, 0.2) is 5.96 Å². The van der Waals surface area contributed by atoms with Crippen molar-refractivity contribution < 1.29 is 4.74 Å². The van der Waals surface area contributed by atoms with Crippen LogP contribution in [0.15, 0.2) is 47.0 Å². The molecule has 1 aromatic carbocycles. The third kappa shape index (κ3) is 6.93. The molecule has 4 rings (SSSR count). The minimum atomic E-state index is 0. The number of fused-ring (bicyclic) bond motifs is 1. The van der Waals surface area contributed by atoms with Gasteiger partial charge >= 0.3 is 0 Å². The number of ether oxygens (including phenoxy) is 1. The molecule has 0 radical (unpaired) electrons. The maximum atomic E-state index is 5.42. The van der Waals surface area contributed by atoms with Crippen molar-refractivity contribution in [2.24, 2.45) is 10.9 Å². The van der Waals surface area contributed by atoms with Gasteiger partial charge in [-0.2, -0.15) is 0 Å². The van der Waals surface area contributed by atoms with Gasteiger partial charge in [-0.25, -0.2) is 0 Å². The van der Waals surface area contributed by atoms with Gasteiger partial charge in [0.25, 0.3) is 0 Å². The minimum absolute atomic E-state index is 0. The second kappa shape index (κ2) is 12.8. The summed E-state index contributed by atoms with van der Waals surface area (Å²) in [6.07, 6.45) is 8.26. The summed E-state index contributed by atoms with van der Waals surface area (Å²) in [4.78, 5) is 10.3. The van der Waals surface area contributed by atoms with Crippen LogP contribution in [-0.2, 0) is 11.3 Å². The maximum Gasteiger partial charge on any atom is 0.193 e. The molecule has 3 heterocycles. The molecule has 2 unspecified atom stereocenters. The smallest absolute Gasteiger partial charge is 0.193 e. The second-order valence-electron chi connectivity index (χ2n) is 8.83. The lowest BCUT2D eigenvalue weighted by Gasteiger charge is -2.48. The summed E-state index contributed by atoms with van der Waals surface area (Å²) in [5, 5.41) is 3.55. The Balaban J connectivity index is 0.00000272. The van der Waals surface area contributed by atoms with Gasteiger partial charge in [0.05, 0.1) is 13.2 Å². The van der Waals surface area contributed by atoms with E-state index in [0.29, 0.717) is 6.04 Å². The zero-order valence-corrected chi connectivity index (χ0v) is 21.3. The quantitative estimate of drug-likeness (QED) is 0.254. The Morgan fingerprint density at radius 2 is 2.06 bits per heavy atom. The zero-order chi connectivity index (χ0) is 20.6. The van der Waals surface area contributed by atoms with E-state index in [1.807, 2.05) is 0 Å². The molecule has 2 saturated heterocycles. The van der Waals surface area contributed by atoms with E-state index in [1.165, 1.54) is 36.9 Å². The highest BCUT2D eigenvalue weighted by molar-refractivity contribution is 14.0. The molecule has 3 aliphatic heterocycles. The molecule has 0 bridgehead atoms. The SMILES string of the molecule is CCNC(=NCCC1=CCOCC1)N1CCC2C(CCCN2Cc2ccccc2)C1.I. The van der Waals surface area contributed by atoms with Crippen molar-refractivity contribution in [2.45, 2.75) is 51.6 Å². The van der Waals surface area contributed by atoms with Crippen molar-refractivity contribution in [1.29, 1.82) is 0 Å². The number of nitrogens with one attached hydrogen (secondary N) is 1. The number of piperidine rings is 2. The Morgan fingerprint density at radius 3 is 2.84 bits per heavy atom. The van der Waals surface area contributed by atoms with E-state index < -0.39 is 0 Å². The molecule has 2 atom stereocenters. The molecular formula is C25H39IN4O. The fourth-order valence-corrected chi connectivity index (χ4v) is 5.24. The van der Waals surface area contributed by atoms with Gasteiger partial charge in [-0.15, -0.1) is 24.0 Å². The summed E-state index contributed by atoms with van der Waals surface area (Å²) in [6.45, 7) is 10.2. The molecule has 0 aliphatic carbocycles. The Hall–Kier alpha value is -1.12. The largest absolute Gasteiger partial charge is 0.377 e. The number of hydrogen-bond donors (Lipinski definition) is 1. The third-order valence-electron chi connectivity index (χ3n) is 6.80. The molecule has 1 N–H and O–H groups in total. The molecule has 0 amide bonds. The number of likely N-dealkylation sites (tertiary alicyclic amines) is 2. The van der Waals surface area contributed by atoms with E-state index in [0.717, 1.165) is 70.7 Å². The maximum absolute atomic E-state index is 5.42. The van der Waals surface area contributed by atoms with E-state index in [4.69, 9.17) is 9.73 Å². The molecule has 6 heteroatoms.